The van der Waals surface area contributed by atoms with Gasteiger partial charge in [-0.1, -0.05) is 85.6 Å². The van der Waals surface area contributed by atoms with Crippen LogP contribution in [-0.4, -0.2) is 59.5 Å². The molecule has 4 rings (SSSR count). The number of anilines is 1. The molecule has 4 amide bonds. The van der Waals surface area contributed by atoms with Crippen LogP contribution in [0.4, 0.5) is 10.6 Å². The zero-order chi connectivity index (χ0) is 33.1. The average molecular weight is 597 g/mol. The highest BCUT2D eigenvalue weighted by Gasteiger charge is 2.30. The van der Waals surface area contributed by atoms with Gasteiger partial charge in [0.25, 0.3) is 5.91 Å². The van der Waals surface area contributed by atoms with E-state index in [1.54, 1.807) is 19.1 Å². The highest BCUT2D eigenvalue weighted by molar-refractivity contribution is 6.06. The van der Waals surface area contributed by atoms with E-state index < -0.39 is 24.1 Å². The van der Waals surface area contributed by atoms with Gasteiger partial charge in [-0.15, -0.1) is 0 Å². The monoisotopic (exact) mass is 596 g/mol. The predicted octanol–water partition coefficient (Wildman–Crippen LogP) is 4.91. The topological polar surface area (TPSA) is 138 Å². The third-order valence-corrected chi connectivity index (χ3v) is 5.58. The van der Waals surface area contributed by atoms with Crippen LogP contribution >= 0.6 is 0 Å². The maximum atomic E-state index is 11.9. The largest absolute Gasteiger partial charge is 0.494 e. The third kappa shape index (κ3) is 12.3. The molecule has 1 aromatic carbocycles. The van der Waals surface area contributed by atoms with Crippen molar-refractivity contribution in [2.24, 2.45) is 5.92 Å². The Morgan fingerprint density at radius 3 is 2.19 bits per heavy atom. The van der Waals surface area contributed by atoms with E-state index in [9.17, 15) is 24.3 Å². The lowest BCUT2D eigenvalue weighted by molar-refractivity contribution is -0.119. The molecule has 2 saturated heterocycles. The number of hydrogen-bond donors (Lipinski definition) is 3. The Morgan fingerprint density at radius 2 is 1.70 bits per heavy atom. The number of imide groups is 1. The molecule has 0 bridgehead atoms. The molecule has 0 unspecified atom stereocenters. The molecule has 43 heavy (non-hydrogen) atoms. The molecule has 0 saturated carbocycles. The van der Waals surface area contributed by atoms with Crippen molar-refractivity contribution < 1.29 is 29.0 Å². The van der Waals surface area contributed by atoms with E-state index in [4.69, 9.17) is 4.74 Å². The number of β-amino-alcohol motifs (C(OH)–C–C–N with tert-alkyl or cyclic N) is 1. The Labute approximate surface area is 256 Å². The zero-order valence-electron chi connectivity index (χ0n) is 27.2. The maximum absolute atomic E-state index is 11.9. The van der Waals surface area contributed by atoms with Gasteiger partial charge < -0.3 is 15.2 Å². The summed E-state index contributed by atoms with van der Waals surface area (Å²) in [7, 11) is 1.44. The zero-order valence-corrected chi connectivity index (χ0v) is 27.2. The summed E-state index contributed by atoms with van der Waals surface area (Å²) in [4.78, 5) is 51.3. The van der Waals surface area contributed by atoms with Crippen molar-refractivity contribution in [1.29, 1.82) is 0 Å². The van der Waals surface area contributed by atoms with Crippen LogP contribution < -0.4 is 20.3 Å². The van der Waals surface area contributed by atoms with Crippen LogP contribution in [0.2, 0.25) is 0 Å². The summed E-state index contributed by atoms with van der Waals surface area (Å²) < 4.78 is 5.17. The second kappa shape index (κ2) is 20.6. The molecule has 2 atom stereocenters. The number of ether oxygens (including phenoxy) is 1. The van der Waals surface area contributed by atoms with E-state index in [-0.39, 0.29) is 30.3 Å². The fraction of sp³-hybridized carbons (Fsp3) is 0.485. The lowest BCUT2D eigenvalue weighted by Gasteiger charge is -2.15. The van der Waals surface area contributed by atoms with Crippen molar-refractivity contribution in [2.45, 2.75) is 87.3 Å². The second-order valence-corrected chi connectivity index (χ2v) is 9.06. The maximum Gasteiger partial charge on any atom is 0.322 e. The summed E-state index contributed by atoms with van der Waals surface area (Å²) in [6.45, 7) is 18.1. The van der Waals surface area contributed by atoms with Gasteiger partial charge in [-0.25, -0.2) is 9.78 Å². The van der Waals surface area contributed by atoms with Crippen LogP contribution in [0.5, 0.6) is 5.75 Å². The van der Waals surface area contributed by atoms with Gasteiger partial charge in [0.15, 0.2) is 23.3 Å². The summed E-state index contributed by atoms with van der Waals surface area (Å²) in [5.41, 5.74) is 2.26. The van der Waals surface area contributed by atoms with Crippen LogP contribution in [0.25, 0.3) is 0 Å². The number of rotatable bonds is 5. The standard InChI is InChI=1S/C15H14N4O5.C12H16O.3C2H6/c1-24-11-4-5-12(19-7-8(20)6-13(19)21)16-9(11)2-3-10-14(22)18-15(23)17-10;1-9(2)8-11-6-4-5-7-12(11)10(3)13;3*1-2/h4-5,8,10,20H,6-7H2,1H3,(H2,17,18,22,23);4-7,9H,8H2,1-3H3;3*1-2H3/t8-,10-;;;;/m0..../s1. The summed E-state index contributed by atoms with van der Waals surface area (Å²) in [6.07, 6.45) is 0.298. The lowest BCUT2D eigenvalue weighted by Crippen LogP contribution is -2.27. The van der Waals surface area contributed by atoms with Crippen molar-refractivity contribution in [3.05, 3.63) is 53.2 Å². The number of aliphatic hydroxyl groups is 1. The van der Waals surface area contributed by atoms with Gasteiger partial charge in [-0.2, -0.15) is 0 Å². The molecule has 2 aliphatic heterocycles. The van der Waals surface area contributed by atoms with Gasteiger partial charge in [-0.3, -0.25) is 24.6 Å². The first-order valence-electron chi connectivity index (χ1n) is 14.8. The van der Waals surface area contributed by atoms with E-state index in [0.29, 0.717) is 17.5 Å². The molecule has 2 fully saturated rings. The van der Waals surface area contributed by atoms with E-state index in [1.807, 2.05) is 65.8 Å². The Kier molecular flexibility index (Phi) is 18.6. The highest BCUT2D eigenvalue weighted by atomic mass is 16.5. The van der Waals surface area contributed by atoms with Crippen LogP contribution in [0.3, 0.4) is 0 Å². The quantitative estimate of drug-likeness (QED) is 0.253. The molecule has 0 spiro atoms. The number of Topliss-reactive ketones (excluding diaryl/α,β-unsaturated/α-hetero) is 1. The first kappa shape index (κ1) is 38.8. The molecular formula is C33H48N4O6. The number of carbonyl (C=O) groups excluding carboxylic acids is 4. The first-order chi connectivity index (χ1) is 20.6. The number of amides is 4. The van der Waals surface area contributed by atoms with E-state index in [2.05, 4.69) is 41.3 Å². The number of methoxy groups -OCH3 is 1. The molecule has 0 radical (unpaired) electrons. The minimum Gasteiger partial charge on any atom is -0.494 e. The molecule has 2 aromatic rings. The number of aliphatic hydroxyl groups excluding tert-OH is 1. The summed E-state index contributed by atoms with van der Waals surface area (Å²) >= 11 is 0. The van der Waals surface area contributed by atoms with Crippen molar-refractivity contribution in [3.63, 3.8) is 0 Å². The second-order valence-electron chi connectivity index (χ2n) is 9.06. The minimum absolute atomic E-state index is 0.0446. The summed E-state index contributed by atoms with van der Waals surface area (Å²) in [5.74, 6) is 5.97. The molecule has 0 aliphatic carbocycles. The van der Waals surface area contributed by atoms with Crippen molar-refractivity contribution >= 4 is 29.4 Å². The smallest absolute Gasteiger partial charge is 0.322 e. The molecule has 236 valence electrons. The number of nitrogens with one attached hydrogen (secondary N) is 2. The van der Waals surface area contributed by atoms with Gasteiger partial charge in [-0.05, 0) is 42.9 Å². The van der Waals surface area contributed by atoms with Crippen LogP contribution in [-0.2, 0) is 16.0 Å². The van der Waals surface area contributed by atoms with E-state index in [1.165, 1.54) is 17.6 Å². The van der Waals surface area contributed by atoms with E-state index >= 15 is 0 Å². The van der Waals surface area contributed by atoms with Crippen molar-refractivity contribution in [1.82, 2.24) is 15.6 Å². The first-order valence-corrected chi connectivity index (χ1v) is 14.8. The Hall–Kier alpha value is -4.23. The molecule has 10 heteroatoms. The predicted molar refractivity (Wildman–Crippen MR) is 170 cm³/mol. The van der Waals surface area contributed by atoms with Crippen LogP contribution in [0.15, 0.2) is 36.4 Å². The third-order valence-electron chi connectivity index (χ3n) is 5.58. The molecule has 3 N–H and O–H groups in total. The van der Waals surface area contributed by atoms with Gasteiger partial charge in [0.1, 0.15) is 5.82 Å². The fourth-order valence-corrected chi connectivity index (χ4v) is 3.89. The number of pyridine rings is 1. The summed E-state index contributed by atoms with van der Waals surface area (Å²) in [5, 5.41) is 14.0. The van der Waals surface area contributed by atoms with Gasteiger partial charge in [0.05, 0.1) is 26.2 Å². The number of hydrogen-bond acceptors (Lipinski definition) is 7. The number of nitrogens with zero attached hydrogens (tertiary/aromatic N) is 2. The van der Waals surface area contributed by atoms with Crippen molar-refractivity contribution in [3.8, 4) is 17.6 Å². The molecule has 3 heterocycles. The number of benzene rings is 1. The molecule has 10 nitrogen and oxygen atoms in total. The van der Waals surface area contributed by atoms with Gasteiger partial charge in [0.2, 0.25) is 5.91 Å². The normalized spacial score (nSPS) is 16.3. The number of carbonyl (C=O) groups is 4. The average Bonchev–Trinajstić information content (AvgIpc) is 3.52. The molecular weight excluding hydrogens is 548 g/mol. The number of ketones is 1. The van der Waals surface area contributed by atoms with E-state index in [0.717, 1.165) is 12.0 Å². The van der Waals surface area contributed by atoms with Crippen LogP contribution in [0, 0.1) is 17.8 Å². The fourth-order valence-electron chi connectivity index (χ4n) is 3.89. The molecule has 1 aromatic heterocycles. The number of urea groups is 1. The van der Waals surface area contributed by atoms with Gasteiger partial charge >= 0.3 is 6.03 Å². The Bertz CT molecular complexity index is 1270. The lowest BCUT2D eigenvalue weighted by atomic mass is 9.96. The number of aromatic nitrogens is 1. The minimum atomic E-state index is -0.970. The van der Waals surface area contributed by atoms with Gasteiger partial charge in [0, 0.05) is 5.56 Å². The Morgan fingerprint density at radius 1 is 1.07 bits per heavy atom. The van der Waals surface area contributed by atoms with Crippen LogP contribution in [0.1, 0.15) is 90.3 Å². The SMILES string of the molecule is CC.CC.CC.CC(=O)c1ccccc1CC(C)C.COc1ccc(N2C[C@@H](O)CC2=O)nc1C#C[C@@H]1NC(=O)NC1=O. The van der Waals surface area contributed by atoms with Crippen molar-refractivity contribution in [2.75, 3.05) is 18.6 Å². The molecule has 2 aliphatic rings. The Balaban J connectivity index is 0.000000787. The highest BCUT2D eigenvalue weighted by Crippen LogP contribution is 2.24. The summed E-state index contributed by atoms with van der Waals surface area (Å²) in [6, 6.07) is 9.45.